The number of halogens is 6. The van der Waals surface area contributed by atoms with Gasteiger partial charge in [-0.15, -0.1) is 0 Å². The van der Waals surface area contributed by atoms with Crippen molar-refractivity contribution in [3.63, 3.8) is 0 Å². The van der Waals surface area contributed by atoms with E-state index in [0.717, 1.165) is 0 Å². The molecule has 0 N–H and O–H groups in total. The van der Waals surface area contributed by atoms with Crippen LogP contribution in [0.5, 0.6) is 23.0 Å². The SMILES string of the molecule is FC(F)(F)COc1ccc(Oc2ccc(OCC(F)(F)F)cc2)cc1. The molecule has 0 saturated heterocycles. The molecular formula is C16H12F6O3. The summed E-state index contributed by atoms with van der Waals surface area (Å²) in [6.07, 6.45) is -8.85. The monoisotopic (exact) mass is 366 g/mol. The second-order valence-corrected chi connectivity index (χ2v) is 4.85. The number of ether oxygens (including phenoxy) is 3. The first-order chi connectivity index (χ1) is 11.6. The molecule has 0 spiro atoms. The van der Waals surface area contributed by atoms with E-state index in [1.54, 1.807) is 0 Å². The van der Waals surface area contributed by atoms with Crippen LogP contribution in [0.2, 0.25) is 0 Å². The molecule has 3 nitrogen and oxygen atoms in total. The predicted octanol–water partition coefficient (Wildman–Crippen LogP) is 5.36. The molecule has 0 unspecified atom stereocenters. The Labute approximate surface area is 138 Å². The van der Waals surface area contributed by atoms with E-state index < -0.39 is 25.6 Å². The van der Waals surface area contributed by atoms with Crippen LogP contribution in [-0.4, -0.2) is 25.6 Å². The Hall–Kier alpha value is -2.58. The van der Waals surface area contributed by atoms with Crippen LogP contribution in [0.4, 0.5) is 26.3 Å². The minimum absolute atomic E-state index is 0.0283. The predicted molar refractivity (Wildman–Crippen MR) is 76.1 cm³/mol. The van der Waals surface area contributed by atoms with Crippen LogP contribution in [0.1, 0.15) is 0 Å². The van der Waals surface area contributed by atoms with Gasteiger partial charge in [0.15, 0.2) is 13.2 Å². The average Bonchev–Trinajstić information content (AvgIpc) is 2.52. The topological polar surface area (TPSA) is 27.7 Å². The van der Waals surface area contributed by atoms with Crippen molar-refractivity contribution in [3.8, 4) is 23.0 Å². The van der Waals surface area contributed by atoms with E-state index in [-0.39, 0.29) is 11.5 Å². The van der Waals surface area contributed by atoms with Crippen molar-refractivity contribution in [2.24, 2.45) is 0 Å². The van der Waals surface area contributed by atoms with E-state index >= 15 is 0 Å². The molecule has 0 amide bonds. The fourth-order valence-electron chi connectivity index (χ4n) is 1.67. The lowest BCUT2D eigenvalue weighted by Crippen LogP contribution is -2.19. The smallest absolute Gasteiger partial charge is 0.422 e. The molecule has 0 aliphatic heterocycles. The van der Waals surface area contributed by atoms with Crippen LogP contribution in [0.3, 0.4) is 0 Å². The summed E-state index contributed by atoms with van der Waals surface area (Å²) in [5, 5.41) is 0. The Morgan fingerprint density at radius 3 is 1.08 bits per heavy atom. The summed E-state index contributed by atoms with van der Waals surface area (Å²) in [5.74, 6) is 0.702. The molecule has 0 heterocycles. The van der Waals surface area contributed by atoms with Gasteiger partial charge in [0.2, 0.25) is 0 Å². The maximum atomic E-state index is 12.0. The van der Waals surface area contributed by atoms with Crippen LogP contribution in [0, 0.1) is 0 Å². The van der Waals surface area contributed by atoms with Gasteiger partial charge in [0.25, 0.3) is 0 Å². The van der Waals surface area contributed by atoms with E-state index in [0.29, 0.717) is 11.5 Å². The summed E-state index contributed by atoms with van der Waals surface area (Å²) < 4.78 is 86.8. The normalized spacial score (nSPS) is 11.9. The summed E-state index contributed by atoms with van der Waals surface area (Å²) in [6, 6.07) is 10.8. The van der Waals surface area contributed by atoms with E-state index in [4.69, 9.17) is 4.74 Å². The quantitative estimate of drug-likeness (QED) is 0.644. The Balaban J connectivity index is 1.89. The van der Waals surface area contributed by atoms with Gasteiger partial charge in [0, 0.05) is 0 Å². The Morgan fingerprint density at radius 1 is 0.520 bits per heavy atom. The molecule has 0 aliphatic rings. The third-order valence-electron chi connectivity index (χ3n) is 2.69. The van der Waals surface area contributed by atoms with E-state index in [9.17, 15) is 26.3 Å². The highest BCUT2D eigenvalue weighted by atomic mass is 19.4. The first-order valence-electron chi connectivity index (χ1n) is 6.88. The zero-order valence-electron chi connectivity index (χ0n) is 12.5. The second-order valence-electron chi connectivity index (χ2n) is 4.85. The van der Waals surface area contributed by atoms with Crippen molar-refractivity contribution in [1.29, 1.82) is 0 Å². The Kier molecular flexibility index (Phi) is 5.66. The third kappa shape index (κ3) is 7.23. The van der Waals surface area contributed by atoms with Crippen molar-refractivity contribution < 1.29 is 40.6 Å². The Morgan fingerprint density at radius 2 is 0.800 bits per heavy atom. The van der Waals surface area contributed by atoms with Gasteiger partial charge in [0.05, 0.1) is 0 Å². The molecule has 2 aromatic rings. The van der Waals surface area contributed by atoms with Crippen molar-refractivity contribution in [3.05, 3.63) is 48.5 Å². The third-order valence-corrected chi connectivity index (χ3v) is 2.69. The van der Waals surface area contributed by atoms with Crippen LogP contribution in [0.25, 0.3) is 0 Å². The lowest BCUT2D eigenvalue weighted by molar-refractivity contribution is -0.154. The number of hydrogen-bond donors (Lipinski definition) is 0. The Bertz CT molecular complexity index is 603. The van der Waals surface area contributed by atoms with Gasteiger partial charge in [-0.05, 0) is 48.5 Å². The first kappa shape index (κ1) is 18.8. The maximum absolute atomic E-state index is 12.0. The number of alkyl halides is 6. The minimum Gasteiger partial charge on any atom is -0.484 e. The molecule has 0 saturated carbocycles. The molecule has 0 radical (unpaired) electrons. The van der Waals surface area contributed by atoms with Gasteiger partial charge in [-0.2, -0.15) is 26.3 Å². The highest BCUT2D eigenvalue weighted by Gasteiger charge is 2.29. The lowest BCUT2D eigenvalue weighted by atomic mass is 10.3. The van der Waals surface area contributed by atoms with Gasteiger partial charge in [-0.1, -0.05) is 0 Å². The van der Waals surface area contributed by atoms with Gasteiger partial charge >= 0.3 is 12.4 Å². The zero-order chi connectivity index (χ0) is 18.5. The fourth-order valence-corrected chi connectivity index (χ4v) is 1.67. The van der Waals surface area contributed by atoms with Gasteiger partial charge < -0.3 is 14.2 Å². The van der Waals surface area contributed by atoms with Crippen LogP contribution < -0.4 is 14.2 Å². The standard InChI is InChI=1S/C16H12F6O3/c17-15(18,19)9-23-11-1-5-13(6-2-11)25-14-7-3-12(4-8-14)24-10-16(20,21)22/h1-8H,9-10H2. The number of hydrogen-bond acceptors (Lipinski definition) is 3. The van der Waals surface area contributed by atoms with Crippen molar-refractivity contribution >= 4 is 0 Å². The second kappa shape index (κ2) is 7.54. The van der Waals surface area contributed by atoms with Gasteiger partial charge in [-0.3, -0.25) is 0 Å². The summed E-state index contributed by atoms with van der Waals surface area (Å²) >= 11 is 0. The van der Waals surface area contributed by atoms with E-state index in [1.807, 2.05) is 0 Å². The van der Waals surface area contributed by atoms with Crippen molar-refractivity contribution in [2.75, 3.05) is 13.2 Å². The van der Waals surface area contributed by atoms with E-state index in [1.165, 1.54) is 48.5 Å². The average molecular weight is 366 g/mol. The molecule has 2 aromatic carbocycles. The van der Waals surface area contributed by atoms with Crippen LogP contribution in [0.15, 0.2) is 48.5 Å². The summed E-state index contributed by atoms with van der Waals surface area (Å²) in [6.45, 7) is -2.79. The molecular weight excluding hydrogens is 354 g/mol. The molecule has 0 aromatic heterocycles. The van der Waals surface area contributed by atoms with Gasteiger partial charge in [0.1, 0.15) is 23.0 Å². The number of rotatable bonds is 6. The molecule has 0 bridgehead atoms. The summed E-state index contributed by atoms with van der Waals surface area (Å²) in [7, 11) is 0. The van der Waals surface area contributed by atoms with Crippen LogP contribution >= 0.6 is 0 Å². The molecule has 2 rings (SSSR count). The summed E-state index contributed by atoms with van der Waals surface area (Å²) in [5.41, 5.74) is 0. The largest absolute Gasteiger partial charge is 0.484 e. The molecule has 0 atom stereocenters. The van der Waals surface area contributed by atoms with E-state index in [2.05, 4.69) is 9.47 Å². The molecule has 25 heavy (non-hydrogen) atoms. The number of benzene rings is 2. The summed E-state index contributed by atoms with van der Waals surface area (Å²) in [4.78, 5) is 0. The molecule has 9 heteroatoms. The lowest BCUT2D eigenvalue weighted by Gasteiger charge is -2.11. The fraction of sp³-hybridized carbons (Fsp3) is 0.250. The maximum Gasteiger partial charge on any atom is 0.422 e. The van der Waals surface area contributed by atoms with Gasteiger partial charge in [-0.25, -0.2) is 0 Å². The molecule has 136 valence electrons. The first-order valence-corrected chi connectivity index (χ1v) is 6.88. The van der Waals surface area contributed by atoms with Crippen LogP contribution in [-0.2, 0) is 0 Å². The highest BCUT2D eigenvalue weighted by Crippen LogP contribution is 2.27. The van der Waals surface area contributed by atoms with Crippen molar-refractivity contribution in [1.82, 2.24) is 0 Å². The molecule has 0 fully saturated rings. The van der Waals surface area contributed by atoms with Crippen molar-refractivity contribution in [2.45, 2.75) is 12.4 Å². The highest BCUT2D eigenvalue weighted by molar-refractivity contribution is 5.37. The minimum atomic E-state index is -4.43. The zero-order valence-corrected chi connectivity index (χ0v) is 12.5. The molecule has 0 aliphatic carbocycles.